The van der Waals surface area contributed by atoms with Crippen LogP contribution in [0.3, 0.4) is 0 Å². The lowest BCUT2D eigenvalue weighted by Gasteiger charge is -2.44. The first-order valence-corrected chi connectivity index (χ1v) is 11.0. The summed E-state index contributed by atoms with van der Waals surface area (Å²) >= 11 is 6.08. The number of aromatic nitrogens is 1. The molecule has 1 N–H and O–H groups in total. The van der Waals surface area contributed by atoms with E-state index in [0.717, 1.165) is 31.4 Å². The van der Waals surface area contributed by atoms with Gasteiger partial charge in [0.15, 0.2) is 0 Å². The summed E-state index contributed by atoms with van der Waals surface area (Å²) in [6.45, 7) is 2.15. The summed E-state index contributed by atoms with van der Waals surface area (Å²) in [5, 5.41) is 3.78. The van der Waals surface area contributed by atoms with Gasteiger partial charge in [-0.1, -0.05) is 24.4 Å². The van der Waals surface area contributed by atoms with Crippen LogP contribution in [0.4, 0.5) is 5.69 Å². The molecule has 3 aromatic rings. The van der Waals surface area contributed by atoms with Crippen LogP contribution < -0.4 is 10.2 Å². The van der Waals surface area contributed by atoms with Gasteiger partial charge in [0.05, 0.1) is 18.5 Å². The van der Waals surface area contributed by atoms with E-state index in [4.69, 9.17) is 16.0 Å². The first-order chi connectivity index (χ1) is 15.0. The quantitative estimate of drug-likeness (QED) is 0.632. The number of furan rings is 1. The maximum atomic E-state index is 13.7. The number of hydrogen-bond acceptors (Lipinski definition) is 3. The van der Waals surface area contributed by atoms with Gasteiger partial charge in [0.1, 0.15) is 17.0 Å². The molecule has 7 heteroatoms. The van der Waals surface area contributed by atoms with Crippen LogP contribution in [0.15, 0.2) is 59.2 Å². The summed E-state index contributed by atoms with van der Waals surface area (Å²) in [4.78, 5) is 28.9. The topological polar surface area (TPSA) is 67.5 Å². The fourth-order valence-electron chi connectivity index (χ4n) is 4.76. The highest BCUT2D eigenvalue weighted by molar-refractivity contribution is 6.30. The van der Waals surface area contributed by atoms with Gasteiger partial charge in [0.2, 0.25) is 5.91 Å². The van der Waals surface area contributed by atoms with Gasteiger partial charge in [-0.05, 0) is 68.3 Å². The predicted octanol–water partition coefficient (Wildman–Crippen LogP) is 4.88. The first kappa shape index (κ1) is 19.9. The van der Waals surface area contributed by atoms with E-state index in [-0.39, 0.29) is 17.9 Å². The zero-order valence-electron chi connectivity index (χ0n) is 17.3. The molecule has 0 unspecified atom stereocenters. The number of hydrogen-bond donors (Lipinski definition) is 1. The van der Waals surface area contributed by atoms with Gasteiger partial charge in [-0.3, -0.25) is 14.5 Å². The molecule has 1 saturated carbocycles. The summed E-state index contributed by atoms with van der Waals surface area (Å²) < 4.78 is 7.47. The molecule has 1 aliphatic heterocycles. The monoisotopic (exact) mass is 437 g/mol. The van der Waals surface area contributed by atoms with Crippen LogP contribution in [0, 0.1) is 0 Å². The fourth-order valence-corrected chi connectivity index (χ4v) is 4.88. The first-order valence-electron chi connectivity index (χ1n) is 10.6. The third-order valence-corrected chi connectivity index (χ3v) is 6.65. The summed E-state index contributed by atoms with van der Waals surface area (Å²) in [6.07, 6.45) is 5.79. The summed E-state index contributed by atoms with van der Waals surface area (Å²) in [7, 11) is 0. The smallest absolute Gasteiger partial charge is 0.275 e. The Labute approximate surface area is 185 Å². The van der Waals surface area contributed by atoms with E-state index in [9.17, 15) is 9.59 Å². The van der Waals surface area contributed by atoms with E-state index in [1.165, 1.54) is 0 Å². The minimum atomic E-state index is -1.11. The summed E-state index contributed by atoms with van der Waals surface area (Å²) in [6, 6.07) is 14.5. The van der Waals surface area contributed by atoms with Gasteiger partial charge in [-0.15, -0.1) is 0 Å². The van der Waals surface area contributed by atoms with Gasteiger partial charge < -0.3 is 14.3 Å². The molecule has 0 spiro atoms. The number of benzene rings is 1. The van der Waals surface area contributed by atoms with Crippen molar-refractivity contribution in [3.8, 4) is 11.5 Å². The van der Waals surface area contributed by atoms with Gasteiger partial charge in [-0.25, -0.2) is 0 Å². The lowest BCUT2D eigenvalue weighted by atomic mass is 9.93. The van der Waals surface area contributed by atoms with Gasteiger partial charge in [0, 0.05) is 16.8 Å². The van der Waals surface area contributed by atoms with Crippen molar-refractivity contribution in [2.24, 2.45) is 0 Å². The number of amides is 2. The Balaban J connectivity index is 1.60. The van der Waals surface area contributed by atoms with Crippen LogP contribution in [0.5, 0.6) is 0 Å². The Hall–Kier alpha value is -2.99. The molecule has 1 fully saturated rings. The Morgan fingerprint density at radius 1 is 1.10 bits per heavy atom. The van der Waals surface area contributed by atoms with Crippen LogP contribution in [-0.4, -0.2) is 28.0 Å². The highest BCUT2D eigenvalue weighted by atomic mass is 35.5. The molecule has 0 saturated heterocycles. The maximum absolute atomic E-state index is 13.7. The molecule has 6 nitrogen and oxygen atoms in total. The van der Waals surface area contributed by atoms with E-state index >= 15 is 0 Å². The molecule has 2 aliphatic rings. The van der Waals surface area contributed by atoms with E-state index < -0.39 is 5.54 Å². The van der Waals surface area contributed by atoms with Crippen molar-refractivity contribution in [2.45, 2.75) is 50.7 Å². The molecule has 2 amide bonds. The predicted molar refractivity (Wildman–Crippen MR) is 119 cm³/mol. The second kappa shape index (κ2) is 7.61. The molecular weight excluding hydrogens is 414 g/mol. The number of rotatable bonds is 4. The maximum Gasteiger partial charge on any atom is 0.275 e. The molecule has 3 heterocycles. The molecule has 1 aliphatic carbocycles. The normalized spacial score (nSPS) is 21.4. The van der Waals surface area contributed by atoms with E-state index in [2.05, 4.69) is 5.32 Å². The molecule has 5 rings (SSSR count). The number of fused-ring (bicyclic) bond motifs is 1. The van der Waals surface area contributed by atoms with E-state index in [1.54, 1.807) is 41.5 Å². The molecule has 2 aromatic heterocycles. The molecule has 0 bridgehead atoms. The van der Waals surface area contributed by atoms with Gasteiger partial charge in [0.25, 0.3) is 5.91 Å². The molecular formula is C24H24ClN3O3. The second-order valence-electron chi connectivity index (χ2n) is 8.51. The lowest BCUT2D eigenvalue weighted by molar-refractivity contribution is -0.127. The molecule has 160 valence electrons. The van der Waals surface area contributed by atoms with Crippen molar-refractivity contribution in [3.05, 3.63) is 65.5 Å². The number of carbonyl (C=O) groups excluding carboxylic acids is 2. The van der Waals surface area contributed by atoms with Crippen LogP contribution in [0.1, 0.15) is 43.1 Å². The molecule has 0 radical (unpaired) electrons. The number of nitrogens with one attached hydrogen (secondary N) is 1. The summed E-state index contributed by atoms with van der Waals surface area (Å²) in [5.74, 6) is 0.292. The Bertz CT molecular complexity index is 1110. The van der Waals surface area contributed by atoms with Crippen molar-refractivity contribution < 1.29 is 14.0 Å². The minimum absolute atomic E-state index is 0.146. The van der Waals surface area contributed by atoms with Crippen molar-refractivity contribution in [1.29, 1.82) is 0 Å². The number of nitrogens with zero attached hydrogens (tertiary/aromatic N) is 2. The average molecular weight is 438 g/mol. The standard InChI is InChI=1S/C24H24ClN3O3/c1-24(23(30)26-17-5-2-3-6-17)15-27-19(21-7-4-14-31-21)12-13-20(27)22(29)28(24)18-10-8-16(25)9-11-18/h4,7-14,17H,2-3,5-6,15H2,1H3,(H,26,30)/t24-/m0/s1. The van der Waals surface area contributed by atoms with Gasteiger partial charge in [-0.2, -0.15) is 0 Å². The third-order valence-electron chi connectivity index (χ3n) is 6.40. The Kier molecular flexibility index (Phi) is 4.89. The summed E-state index contributed by atoms with van der Waals surface area (Å²) in [5.41, 5.74) is 0.836. The van der Waals surface area contributed by atoms with Crippen LogP contribution >= 0.6 is 11.6 Å². The van der Waals surface area contributed by atoms with Crippen molar-refractivity contribution in [3.63, 3.8) is 0 Å². The molecule has 1 atom stereocenters. The van der Waals surface area contributed by atoms with Crippen molar-refractivity contribution in [2.75, 3.05) is 4.90 Å². The number of anilines is 1. The van der Waals surface area contributed by atoms with Crippen LogP contribution in [0.25, 0.3) is 11.5 Å². The molecule has 1 aromatic carbocycles. The highest BCUT2D eigenvalue weighted by Crippen LogP contribution is 2.37. The Morgan fingerprint density at radius 2 is 1.81 bits per heavy atom. The SMILES string of the molecule is C[C@@]1(C(=O)NC2CCCC2)Cn2c(ccc2-c2ccco2)C(=O)N1c1ccc(Cl)cc1. The highest BCUT2D eigenvalue weighted by Gasteiger charge is 2.49. The number of halogens is 1. The average Bonchev–Trinajstić information content (AvgIpc) is 3.50. The minimum Gasteiger partial charge on any atom is -0.463 e. The Morgan fingerprint density at radius 3 is 2.48 bits per heavy atom. The zero-order chi connectivity index (χ0) is 21.6. The number of carbonyl (C=O) groups is 2. The van der Waals surface area contributed by atoms with Crippen LogP contribution in [0.2, 0.25) is 5.02 Å². The zero-order valence-corrected chi connectivity index (χ0v) is 18.1. The van der Waals surface area contributed by atoms with Crippen molar-refractivity contribution in [1.82, 2.24) is 9.88 Å². The van der Waals surface area contributed by atoms with Crippen molar-refractivity contribution >= 4 is 29.1 Å². The van der Waals surface area contributed by atoms with E-state index in [1.807, 2.05) is 29.7 Å². The lowest BCUT2D eigenvalue weighted by Crippen LogP contribution is -2.65. The second-order valence-corrected chi connectivity index (χ2v) is 8.95. The third kappa shape index (κ3) is 3.35. The molecule has 31 heavy (non-hydrogen) atoms. The van der Waals surface area contributed by atoms with E-state index in [0.29, 0.717) is 28.7 Å². The fraction of sp³-hybridized carbons (Fsp3) is 0.333. The van der Waals surface area contributed by atoms with Crippen LogP contribution in [-0.2, 0) is 11.3 Å². The largest absolute Gasteiger partial charge is 0.463 e. The van der Waals surface area contributed by atoms with Gasteiger partial charge >= 0.3 is 0 Å².